The molecule has 0 saturated carbocycles. The molecule has 0 fully saturated rings. The summed E-state index contributed by atoms with van der Waals surface area (Å²) in [6.45, 7) is 5.39. The Bertz CT molecular complexity index is 405. The number of rotatable bonds is 6. The van der Waals surface area contributed by atoms with Crippen LogP contribution in [0.15, 0.2) is 0 Å². The zero-order valence-electron chi connectivity index (χ0n) is 11.5. The largest absolute Gasteiger partial charge is 0.481 e. The van der Waals surface area contributed by atoms with Gasteiger partial charge in [-0.15, -0.1) is 11.8 Å². The maximum atomic E-state index is 11.5. The lowest BCUT2D eigenvalue weighted by Crippen LogP contribution is -2.41. The Hall–Kier alpha value is -2.03. The van der Waals surface area contributed by atoms with Gasteiger partial charge in [-0.2, -0.15) is 0 Å². The number of aliphatic carboxylic acids is 1. The minimum atomic E-state index is -0.972. The molecule has 6 nitrogen and oxygen atoms in total. The molecule has 0 aromatic carbocycles. The lowest BCUT2D eigenvalue weighted by atomic mass is 9.85. The topological polar surface area (TPSA) is 95.5 Å². The SMILES string of the molecule is CC#CCCNC(=O)NC(=O)CC(C)(C)CC(=O)O. The highest BCUT2D eigenvalue weighted by Gasteiger charge is 2.25. The summed E-state index contributed by atoms with van der Waals surface area (Å²) in [5.74, 6) is 3.99. The predicted molar refractivity (Wildman–Crippen MR) is 70.3 cm³/mol. The molecule has 0 aromatic rings. The Kier molecular flexibility index (Phi) is 7.27. The molecule has 3 N–H and O–H groups in total. The summed E-state index contributed by atoms with van der Waals surface area (Å²) >= 11 is 0. The first-order valence-corrected chi connectivity index (χ1v) is 5.96. The number of carboxylic acid groups (broad SMARTS) is 1. The Morgan fingerprint density at radius 1 is 1.21 bits per heavy atom. The standard InChI is InChI=1S/C13H20N2O4/c1-4-5-6-7-14-12(19)15-10(16)8-13(2,3)9-11(17)18/h6-9H2,1-3H3,(H,17,18)(H2,14,15,16,19). The van der Waals surface area contributed by atoms with Crippen LogP contribution in [0.4, 0.5) is 4.79 Å². The number of amides is 3. The third kappa shape index (κ3) is 9.65. The van der Waals surface area contributed by atoms with Crippen LogP contribution < -0.4 is 10.6 Å². The molecule has 0 saturated heterocycles. The minimum Gasteiger partial charge on any atom is -0.481 e. The van der Waals surface area contributed by atoms with Crippen molar-refractivity contribution in [3.05, 3.63) is 0 Å². The minimum absolute atomic E-state index is 0.0263. The molecular formula is C13H20N2O4. The zero-order valence-corrected chi connectivity index (χ0v) is 11.5. The van der Waals surface area contributed by atoms with E-state index in [4.69, 9.17) is 5.11 Å². The predicted octanol–water partition coefficient (Wildman–Crippen LogP) is 1.12. The van der Waals surface area contributed by atoms with E-state index in [1.54, 1.807) is 20.8 Å². The summed E-state index contributed by atoms with van der Waals surface area (Å²) in [7, 11) is 0. The summed E-state index contributed by atoms with van der Waals surface area (Å²) < 4.78 is 0. The highest BCUT2D eigenvalue weighted by atomic mass is 16.4. The van der Waals surface area contributed by atoms with Crippen molar-refractivity contribution in [2.75, 3.05) is 6.54 Å². The molecule has 0 rings (SSSR count). The number of urea groups is 1. The highest BCUT2D eigenvalue weighted by Crippen LogP contribution is 2.24. The Morgan fingerprint density at radius 2 is 1.84 bits per heavy atom. The average Bonchev–Trinajstić information content (AvgIpc) is 2.21. The summed E-state index contributed by atoms with van der Waals surface area (Å²) in [6, 6.07) is -0.589. The van der Waals surface area contributed by atoms with Crippen LogP contribution in [0.5, 0.6) is 0 Å². The quantitative estimate of drug-likeness (QED) is 0.497. The van der Waals surface area contributed by atoms with Crippen LogP contribution in [-0.2, 0) is 9.59 Å². The second kappa shape index (κ2) is 8.14. The van der Waals surface area contributed by atoms with Gasteiger partial charge in [-0.05, 0) is 12.3 Å². The molecule has 0 bridgehead atoms. The van der Waals surface area contributed by atoms with E-state index in [1.165, 1.54) is 0 Å². The zero-order chi connectivity index (χ0) is 14.9. The number of carboxylic acids is 1. The number of imide groups is 1. The van der Waals surface area contributed by atoms with E-state index in [0.717, 1.165) is 0 Å². The van der Waals surface area contributed by atoms with Crippen LogP contribution in [0.25, 0.3) is 0 Å². The maximum absolute atomic E-state index is 11.5. The number of hydrogen-bond donors (Lipinski definition) is 3. The molecular weight excluding hydrogens is 248 g/mol. The molecule has 19 heavy (non-hydrogen) atoms. The van der Waals surface area contributed by atoms with Gasteiger partial charge >= 0.3 is 12.0 Å². The van der Waals surface area contributed by atoms with E-state index in [9.17, 15) is 14.4 Å². The third-order valence-corrected chi connectivity index (χ3v) is 2.23. The van der Waals surface area contributed by atoms with Crippen molar-refractivity contribution in [1.82, 2.24) is 10.6 Å². The smallest absolute Gasteiger partial charge is 0.321 e. The summed E-state index contributed by atoms with van der Waals surface area (Å²) in [6.07, 6.45) is 0.359. The molecule has 0 aromatic heterocycles. The van der Waals surface area contributed by atoms with E-state index < -0.39 is 23.3 Å². The molecule has 106 valence electrons. The van der Waals surface area contributed by atoms with Gasteiger partial charge in [-0.1, -0.05) is 13.8 Å². The van der Waals surface area contributed by atoms with E-state index in [-0.39, 0.29) is 12.8 Å². The van der Waals surface area contributed by atoms with Crippen molar-refractivity contribution < 1.29 is 19.5 Å². The number of hydrogen-bond acceptors (Lipinski definition) is 3. The molecule has 0 heterocycles. The van der Waals surface area contributed by atoms with Gasteiger partial charge in [-0.25, -0.2) is 4.79 Å². The van der Waals surface area contributed by atoms with Crippen LogP contribution in [0.1, 0.15) is 40.0 Å². The molecule has 0 aliphatic carbocycles. The van der Waals surface area contributed by atoms with Crippen LogP contribution in [0.3, 0.4) is 0 Å². The van der Waals surface area contributed by atoms with Crippen molar-refractivity contribution in [2.45, 2.75) is 40.0 Å². The van der Waals surface area contributed by atoms with Crippen molar-refractivity contribution in [1.29, 1.82) is 0 Å². The average molecular weight is 268 g/mol. The van der Waals surface area contributed by atoms with Crippen molar-refractivity contribution in [3.8, 4) is 11.8 Å². The molecule has 6 heteroatoms. The van der Waals surface area contributed by atoms with Gasteiger partial charge in [0, 0.05) is 19.4 Å². The van der Waals surface area contributed by atoms with Gasteiger partial charge in [0.05, 0.1) is 6.42 Å². The molecule has 0 aliphatic heterocycles. The van der Waals surface area contributed by atoms with Crippen LogP contribution in [0.2, 0.25) is 0 Å². The normalized spacial score (nSPS) is 10.1. The van der Waals surface area contributed by atoms with Gasteiger partial charge in [0.2, 0.25) is 5.91 Å². The summed E-state index contributed by atoms with van der Waals surface area (Å²) in [5, 5.41) is 13.3. The first-order chi connectivity index (χ1) is 8.76. The second-order valence-electron chi connectivity index (χ2n) is 4.89. The number of nitrogens with one attached hydrogen (secondary N) is 2. The van der Waals surface area contributed by atoms with E-state index in [1.807, 2.05) is 0 Å². The van der Waals surface area contributed by atoms with E-state index in [2.05, 4.69) is 22.5 Å². The Balaban J connectivity index is 4.05. The monoisotopic (exact) mass is 268 g/mol. The first kappa shape index (κ1) is 17.0. The van der Waals surface area contributed by atoms with E-state index in [0.29, 0.717) is 13.0 Å². The van der Waals surface area contributed by atoms with Crippen molar-refractivity contribution >= 4 is 17.9 Å². The fourth-order valence-electron chi connectivity index (χ4n) is 1.49. The third-order valence-electron chi connectivity index (χ3n) is 2.23. The molecule has 0 spiro atoms. The summed E-state index contributed by atoms with van der Waals surface area (Å²) in [4.78, 5) is 33.5. The second-order valence-corrected chi connectivity index (χ2v) is 4.89. The lowest BCUT2D eigenvalue weighted by molar-refractivity contribution is -0.139. The van der Waals surface area contributed by atoms with E-state index >= 15 is 0 Å². The van der Waals surface area contributed by atoms with Gasteiger partial charge in [0.1, 0.15) is 0 Å². The van der Waals surface area contributed by atoms with Gasteiger partial charge in [0.25, 0.3) is 0 Å². The van der Waals surface area contributed by atoms with Crippen LogP contribution >= 0.6 is 0 Å². The molecule has 0 radical (unpaired) electrons. The highest BCUT2D eigenvalue weighted by molar-refractivity contribution is 5.94. The van der Waals surface area contributed by atoms with Crippen molar-refractivity contribution in [2.24, 2.45) is 5.41 Å². The van der Waals surface area contributed by atoms with Gasteiger partial charge < -0.3 is 10.4 Å². The molecule has 3 amide bonds. The Morgan fingerprint density at radius 3 is 2.37 bits per heavy atom. The van der Waals surface area contributed by atoms with Gasteiger partial charge in [0.15, 0.2) is 0 Å². The maximum Gasteiger partial charge on any atom is 0.321 e. The number of carbonyl (C=O) groups is 3. The van der Waals surface area contributed by atoms with Crippen molar-refractivity contribution in [3.63, 3.8) is 0 Å². The van der Waals surface area contributed by atoms with Crippen LogP contribution in [0, 0.1) is 17.3 Å². The summed E-state index contributed by atoms with van der Waals surface area (Å²) in [5.41, 5.74) is -0.691. The fraction of sp³-hybridized carbons (Fsp3) is 0.615. The number of carbonyl (C=O) groups excluding carboxylic acids is 2. The molecule has 0 aliphatic rings. The molecule has 0 unspecified atom stereocenters. The fourth-order valence-corrected chi connectivity index (χ4v) is 1.49. The Labute approximate surface area is 112 Å². The van der Waals surface area contributed by atoms with Gasteiger partial charge in [-0.3, -0.25) is 14.9 Å². The first-order valence-electron chi connectivity index (χ1n) is 5.96. The van der Waals surface area contributed by atoms with Crippen LogP contribution in [-0.4, -0.2) is 29.6 Å². The molecule has 0 atom stereocenters. The lowest BCUT2D eigenvalue weighted by Gasteiger charge is -2.21.